The molecule has 0 bridgehead atoms. The first-order valence-electron chi connectivity index (χ1n) is 6.79. The lowest BCUT2D eigenvalue weighted by atomic mass is 10.0. The summed E-state index contributed by atoms with van der Waals surface area (Å²) in [4.78, 5) is 12.0. The zero-order chi connectivity index (χ0) is 14.3. The summed E-state index contributed by atoms with van der Waals surface area (Å²) in [6.45, 7) is 5.62. The molecule has 1 aliphatic rings. The number of nitrogens with one attached hydrogen (secondary N) is 2. The second-order valence-electron chi connectivity index (χ2n) is 4.73. The number of carbonyl (C=O) groups excluding carboxylic acids is 1. The van der Waals surface area contributed by atoms with Crippen LogP contribution in [0.4, 0.5) is 0 Å². The van der Waals surface area contributed by atoms with Crippen LogP contribution in [0.1, 0.15) is 20.3 Å². The highest BCUT2D eigenvalue weighted by atomic mass is 32.2. The molecule has 2 N–H and O–H groups in total. The van der Waals surface area contributed by atoms with E-state index in [-0.39, 0.29) is 35.9 Å². The van der Waals surface area contributed by atoms with Gasteiger partial charge in [-0.1, -0.05) is 13.8 Å². The van der Waals surface area contributed by atoms with E-state index in [1.54, 1.807) is 6.92 Å². The number of sulfone groups is 1. The molecule has 19 heavy (non-hydrogen) atoms. The first-order chi connectivity index (χ1) is 9.00. The summed E-state index contributed by atoms with van der Waals surface area (Å²) in [7, 11) is -3.03. The quantitative estimate of drug-likeness (QED) is 0.633. The highest BCUT2D eigenvalue weighted by Gasteiger charge is 2.33. The van der Waals surface area contributed by atoms with Gasteiger partial charge in [0.05, 0.1) is 24.9 Å². The molecular formula is C12H24N2O4S. The number of rotatable bonds is 8. The van der Waals surface area contributed by atoms with E-state index >= 15 is 0 Å². The summed E-state index contributed by atoms with van der Waals surface area (Å²) in [5.74, 6) is -0.250. The monoisotopic (exact) mass is 292 g/mol. The molecule has 0 radical (unpaired) electrons. The van der Waals surface area contributed by atoms with Crippen molar-refractivity contribution in [1.82, 2.24) is 10.6 Å². The predicted molar refractivity (Wildman–Crippen MR) is 73.7 cm³/mol. The standard InChI is InChI=1S/C12H24N2O4S/c1-3-5-13-11-9-18-8-10(11)12(15)14-6-7-19(16,17)4-2/h10-11,13H,3-9H2,1-2H3,(H,14,15). The maximum Gasteiger partial charge on any atom is 0.227 e. The SMILES string of the molecule is CCCNC1COCC1C(=O)NCCS(=O)(=O)CC. The van der Waals surface area contributed by atoms with Crippen LogP contribution in [0.2, 0.25) is 0 Å². The van der Waals surface area contributed by atoms with E-state index in [4.69, 9.17) is 4.74 Å². The van der Waals surface area contributed by atoms with Crippen LogP contribution in [0.3, 0.4) is 0 Å². The van der Waals surface area contributed by atoms with Gasteiger partial charge in [0.25, 0.3) is 0 Å². The van der Waals surface area contributed by atoms with Crippen molar-refractivity contribution in [3.05, 3.63) is 0 Å². The molecule has 1 fully saturated rings. The third-order valence-corrected chi connectivity index (χ3v) is 4.93. The van der Waals surface area contributed by atoms with E-state index in [0.717, 1.165) is 13.0 Å². The van der Waals surface area contributed by atoms with Crippen LogP contribution in [0, 0.1) is 5.92 Å². The lowest BCUT2D eigenvalue weighted by molar-refractivity contribution is -0.125. The van der Waals surface area contributed by atoms with Gasteiger partial charge in [-0.25, -0.2) is 8.42 Å². The maximum atomic E-state index is 12.0. The van der Waals surface area contributed by atoms with Crippen molar-refractivity contribution >= 4 is 15.7 Å². The van der Waals surface area contributed by atoms with Crippen molar-refractivity contribution in [2.24, 2.45) is 5.92 Å². The van der Waals surface area contributed by atoms with Crippen molar-refractivity contribution in [2.75, 3.05) is 37.8 Å². The number of ether oxygens (including phenoxy) is 1. The van der Waals surface area contributed by atoms with Gasteiger partial charge in [-0.15, -0.1) is 0 Å². The van der Waals surface area contributed by atoms with Crippen molar-refractivity contribution < 1.29 is 17.9 Å². The number of hydrogen-bond donors (Lipinski definition) is 2. The molecule has 1 amide bonds. The summed E-state index contributed by atoms with van der Waals surface area (Å²) in [6.07, 6.45) is 1.000. The molecule has 1 heterocycles. The molecule has 7 heteroatoms. The van der Waals surface area contributed by atoms with Gasteiger partial charge >= 0.3 is 0 Å². The van der Waals surface area contributed by atoms with Crippen LogP contribution < -0.4 is 10.6 Å². The van der Waals surface area contributed by atoms with Crippen LogP contribution in [0.5, 0.6) is 0 Å². The van der Waals surface area contributed by atoms with Crippen molar-refractivity contribution in [3.8, 4) is 0 Å². The molecule has 112 valence electrons. The van der Waals surface area contributed by atoms with Gasteiger partial charge < -0.3 is 15.4 Å². The van der Waals surface area contributed by atoms with E-state index < -0.39 is 9.84 Å². The van der Waals surface area contributed by atoms with Gasteiger partial charge in [0.1, 0.15) is 0 Å². The van der Waals surface area contributed by atoms with Crippen LogP contribution in [0.25, 0.3) is 0 Å². The van der Waals surface area contributed by atoms with Gasteiger partial charge in [-0.05, 0) is 13.0 Å². The van der Waals surface area contributed by atoms with E-state index in [1.807, 2.05) is 0 Å². The first-order valence-corrected chi connectivity index (χ1v) is 8.61. The molecule has 0 saturated carbocycles. The molecule has 0 aliphatic carbocycles. The topological polar surface area (TPSA) is 84.5 Å². The number of carbonyl (C=O) groups is 1. The normalized spacial score (nSPS) is 23.5. The van der Waals surface area contributed by atoms with E-state index in [2.05, 4.69) is 17.6 Å². The Bertz CT molecular complexity index is 383. The van der Waals surface area contributed by atoms with E-state index in [9.17, 15) is 13.2 Å². The van der Waals surface area contributed by atoms with Crippen LogP contribution >= 0.6 is 0 Å². The van der Waals surface area contributed by atoms with Crippen LogP contribution in [0.15, 0.2) is 0 Å². The molecule has 1 aliphatic heterocycles. The minimum atomic E-state index is -3.03. The molecular weight excluding hydrogens is 268 g/mol. The second-order valence-corrected chi connectivity index (χ2v) is 7.20. The van der Waals surface area contributed by atoms with Gasteiger partial charge in [-0.3, -0.25) is 4.79 Å². The largest absolute Gasteiger partial charge is 0.379 e. The number of amides is 1. The van der Waals surface area contributed by atoms with Crippen molar-refractivity contribution in [1.29, 1.82) is 0 Å². The molecule has 2 unspecified atom stereocenters. The Balaban J connectivity index is 2.36. The first kappa shape index (κ1) is 16.4. The van der Waals surface area contributed by atoms with Gasteiger partial charge in [0.15, 0.2) is 9.84 Å². The Kier molecular flexibility index (Phi) is 6.74. The van der Waals surface area contributed by atoms with Gasteiger partial charge in [0.2, 0.25) is 5.91 Å². The Hall–Kier alpha value is -0.660. The molecule has 0 spiro atoms. The highest BCUT2D eigenvalue weighted by molar-refractivity contribution is 7.91. The molecule has 2 atom stereocenters. The van der Waals surface area contributed by atoms with Gasteiger partial charge in [0, 0.05) is 18.3 Å². The zero-order valence-corrected chi connectivity index (χ0v) is 12.5. The Morgan fingerprint density at radius 3 is 2.63 bits per heavy atom. The number of hydrogen-bond acceptors (Lipinski definition) is 5. The van der Waals surface area contributed by atoms with Crippen LogP contribution in [-0.2, 0) is 19.4 Å². The lowest BCUT2D eigenvalue weighted by Gasteiger charge is -2.18. The average molecular weight is 292 g/mol. The zero-order valence-electron chi connectivity index (χ0n) is 11.6. The highest BCUT2D eigenvalue weighted by Crippen LogP contribution is 2.13. The third kappa shape index (κ3) is 5.46. The lowest BCUT2D eigenvalue weighted by Crippen LogP contribution is -2.45. The fourth-order valence-corrected chi connectivity index (χ4v) is 2.65. The van der Waals surface area contributed by atoms with Crippen molar-refractivity contribution in [3.63, 3.8) is 0 Å². The molecule has 0 aromatic carbocycles. The Morgan fingerprint density at radius 1 is 1.26 bits per heavy atom. The summed E-state index contributed by atoms with van der Waals surface area (Å²) in [6, 6.07) is 0.0303. The Morgan fingerprint density at radius 2 is 2.00 bits per heavy atom. The fourth-order valence-electron chi connectivity index (χ4n) is 1.95. The minimum Gasteiger partial charge on any atom is -0.379 e. The fraction of sp³-hybridized carbons (Fsp3) is 0.917. The smallest absolute Gasteiger partial charge is 0.227 e. The molecule has 0 aromatic heterocycles. The predicted octanol–water partition coefficient (Wildman–Crippen LogP) is -0.448. The summed E-state index contributed by atoms with van der Waals surface area (Å²) in [5, 5.41) is 5.96. The van der Waals surface area contributed by atoms with E-state index in [0.29, 0.717) is 13.2 Å². The second kappa shape index (κ2) is 7.81. The Labute approximate surface area is 115 Å². The third-order valence-electron chi connectivity index (χ3n) is 3.23. The van der Waals surface area contributed by atoms with Crippen molar-refractivity contribution in [2.45, 2.75) is 26.3 Å². The molecule has 6 nitrogen and oxygen atoms in total. The molecule has 1 saturated heterocycles. The van der Waals surface area contributed by atoms with E-state index in [1.165, 1.54) is 0 Å². The molecule has 1 rings (SSSR count). The average Bonchev–Trinajstić information content (AvgIpc) is 2.84. The van der Waals surface area contributed by atoms with Crippen LogP contribution in [-0.4, -0.2) is 58.2 Å². The summed E-state index contributed by atoms with van der Waals surface area (Å²) in [5.41, 5.74) is 0. The summed E-state index contributed by atoms with van der Waals surface area (Å²) >= 11 is 0. The maximum absolute atomic E-state index is 12.0. The summed E-state index contributed by atoms with van der Waals surface area (Å²) < 4.78 is 28.0. The molecule has 0 aromatic rings. The minimum absolute atomic E-state index is 0.00409. The van der Waals surface area contributed by atoms with Gasteiger partial charge in [-0.2, -0.15) is 0 Å².